The molecule has 2 aromatic rings. The molecule has 204 valence electrons. The highest BCUT2D eigenvalue weighted by Gasteiger charge is 2.21. The predicted molar refractivity (Wildman–Crippen MR) is 154 cm³/mol. The van der Waals surface area contributed by atoms with E-state index in [-0.39, 0.29) is 11.9 Å². The van der Waals surface area contributed by atoms with Gasteiger partial charge in [-0.25, -0.2) is 4.79 Å². The number of aliphatic carboxylic acids is 1. The molecule has 0 spiro atoms. The van der Waals surface area contributed by atoms with Crippen molar-refractivity contribution in [2.24, 2.45) is 5.92 Å². The van der Waals surface area contributed by atoms with Gasteiger partial charge in [0.1, 0.15) is 11.4 Å². The molecule has 1 atom stereocenters. The summed E-state index contributed by atoms with van der Waals surface area (Å²) < 4.78 is 17.2. The maximum atomic E-state index is 11.3. The zero-order valence-corrected chi connectivity index (χ0v) is 23.2. The molecule has 0 bridgehead atoms. The van der Waals surface area contributed by atoms with Gasteiger partial charge < -0.3 is 19.3 Å². The molecule has 5 nitrogen and oxygen atoms in total. The predicted octanol–water partition coefficient (Wildman–Crippen LogP) is 8.06. The minimum atomic E-state index is -0.881. The van der Waals surface area contributed by atoms with E-state index in [2.05, 4.69) is 38.1 Å². The van der Waals surface area contributed by atoms with Crippen molar-refractivity contribution in [1.29, 1.82) is 0 Å². The van der Waals surface area contributed by atoms with Crippen LogP contribution in [0.4, 0.5) is 0 Å². The summed E-state index contributed by atoms with van der Waals surface area (Å²) in [4.78, 5) is 11.3. The number of carboxylic acid groups (broad SMARTS) is 1. The molecule has 1 N–H and O–H groups in total. The summed E-state index contributed by atoms with van der Waals surface area (Å²) in [6, 6.07) is 16.3. The van der Waals surface area contributed by atoms with E-state index in [1.165, 1.54) is 30.9 Å². The molecule has 1 aliphatic carbocycles. The van der Waals surface area contributed by atoms with E-state index < -0.39 is 5.97 Å². The van der Waals surface area contributed by atoms with Gasteiger partial charge in [-0.1, -0.05) is 67.8 Å². The minimum Gasteiger partial charge on any atom is -0.488 e. The van der Waals surface area contributed by atoms with Gasteiger partial charge in [0.2, 0.25) is 0 Å². The van der Waals surface area contributed by atoms with Crippen LogP contribution in [0.5, 0.6) is 5.75 Å². The van der Waals surface area contributed by atoms with E-state index in [0.29, 0.717) is 12.5 Å². The standard InChI is InChI=1S/C33H42O5/c1-5-36-25(2)37-22-21-27-11-13-28(14-12-27)24-33(3,4)38-31-19-16-26(17-20-31)15-18-30(23-32(34)35)29-9-7-6-8-10-29/h11-23,25,29H,5-10,24H2,1-4H3,(H,34,35). The Labute approximate surface area is 227 Å². The lowest BCUT2D eigenvalue weighted by molar-refractivity contribution is -0.131. The van der Waals surface area contributed by atoms with Crippen LogP contribution in [-0.2, 0) is 20.7 Å². The molecule has 2 aromatic carbocycles. The van der Waals surface area contributed by atoms with Gasteiger partial charge in [0, 0.05) is 19.1 Å². The zero-order valence-electron chi connectivity index (χ0n) is 23.2. The maximum Gasteiger partial charge on any atom is 0.328 e. The van der Waals surface area contributed by atoms with Crippen LogP contribution in [0.3, 0.4) is 0 Å². The van der Waals surface area contributed by atoms with Crippen molar-refractivity contribution < 1.29 is 24.1 Å². The van der Waals surface area contributed by atoms with Gasteiger partial charge in [-0.2, -0.15) is 0 Å². The molecule has 1 unspecified atom stereocenters. The first-order valence-electron chi connectivity index (χ1n) is 13.7. The number of carboxylic acids is 1. The Morgan fingerprint density at radius 3 is 2.26 bits per heavy atom. The Hall–Kier alpha value is -3.31. The van der Waals surface area contributed by atoms with Crippen molar-refractivity contribution in [3.63, 3.8) is 0 Å². The van der Waals surface area contributed by atoms with E-state index >= 15 is 0 Å². The first-order chi connectivity index (χ1) is 18.2. The quantitative estimate of drug-likeness (QED) is 0.126. The van der Waals surface area contributed by atoms with Crippen molar-refractivity contribution in [3.8, 4) is 5.75 Å². The fourth-order valence-corrected chi connectivity index (χ4v) is 4.82. The number of benzene rings is 2. The summed E-state index contributed by atoms with van der Waals surface area (Å²) in [5, 5.41) is 9.31. The molecule has 1 fully saturated rings. The van der Waals surface area contributed by atoms with Crippen LogP contribution in [-0.4, -0.2) is 29.6 Å². The number of hydrogen-bond acceptors (Lipinski definition) is 4. The topological polar surface area (TPSA) is 65.0 Å². The second-order valence-corrected chi connectivity index (χ2v) is 10.5. The lowest BCUT2D eigenvalue weighted by Crippen LogP contribution is -2.30. The maximum absolute atomic E-state index is 11.3. The first kappa shape index (κ1) is 29.2. The van der Waals surface area contributed by atoms with Crippen LogP contribution >= 0.6 is 0 Å². The Bertz CT molecular complexity index is 1090. The Balaban J connectivity index is 1.56. The van der Waals surface area contributed by atoms with E-state index in [1.807, 2.05) is 56.3 Å². The molecule has 0 amide bonds. The van der Waals surface area contributed by atoms with E-state index in [1.54, 1.807) is 6.26 Å². The highest BCUT2D eigenvalue weighted by molar-refractivity contribution is 5.81. The van der Waals surface area contributed by atoms with Crippen LogP contribution in [0.1, 0.15) is 76.5 Å². The van der Waals surface area contributed by atoms with Gasteiger partial charge in [0.05, 0.1) is 6.26 Å². The largest absolute Gasteiger partial charge is 0.488 e. The number of carbonyl (C=O) groups is 1. The SMILES string of the molecule is CCOC(C)OC=Cc1ccc(CC(C)(C)Oc2ccc(C=CC(=CC(=O)O)C3CCCCC3)cc2)cc1. The van der Waals surface area contributed by atoms with Crippen molar-refractivity contribution in [3.05, 3.63) is 89.2 Å². The van der Waals surface area contributed by atoms with Gasteiger partial charge in [-0.05, 0) is 86.9 Å². The molecular formula is C33H42O5. The summed E-state index contributed by atoms with van der Waals surface area (Å²) >= 11 is 0. The number of ether oxygens (including phenoxy) is 3. The van der Waals surface area contributed by atoms with Crippen molar-refractivity contribution in [2.45, 2.75) is 78.1 Å². The monoisotopic (exact) mass is 518 g/mol. The highest BCUT2D eigenvalue weighted by Crippen LogP contribution is 2.31. The van der Waals surface area contributed by atoms with Crippen LogP contribution < -0.4 is 4.74 Å². The van der Waals surface area contributed by atoms with Crippen LogP contribution in [0, 0.1) is 5.92 Å². The zero-order chi connectivity index (χ0) is 27.4. The molecule has 38 heavy (non-hydrogen) atoms. The van der Waals surface area contributed by atoms with Gasteiger partial charge in [0.15, 0.2) is 6.29 Å². The molecule has 3 rings (SSSR count). The Kier molecular flexibility index (Phi) is 11.2. The van der Waals surface area contributed by atoms with Gasteiger partial charge in [-0.3, -0.25) is 0 Å². The van der Waals surface area contributed by atoms with Crippen molar-refractivity contribution in [1.82, 2.24) is 0 Å². The fourth-order valence-electron chi connectivity index (χ4n) is 4.82. The number of rotatable bonds is 13. The van der Waals surface area contributed by atoms with Crippen molar-refractivity contribution >= 4 is 18.1 Å². The van der Waals surface area contributed by atoms with Crippen molar-refractivity contribution in [2.75, 3.05) is 6.61 Å². The second-order valence-electron chi connectivity index (χ2n) is 10.5. The second kappa shape index (κ2) is 14.6. The fraction of sp³-hybridized carbons (Fsp3) is 0.424. The first-order valence-corrected chi connectivity index (χ1v) is 13.7. The average molecular weight is 519 g/mol. The molecule has 5 heteroatoms. The highest BCUT2D eigenvalue weighted by atomic mass is 16.7. The Morgan fingerprint density at radius 2 is 1.63 bits per heavy atom. The van der Waals surface area contributed by atoms with Gasteiger partial charge >= 0.3 is 5.97 Å². The number of allylic oxidation sites excluding steroid dienone is 2. The average Bonchev–Trinajstić information content (AvgIpc) is 2.88. The normalized spacial score (nSPS) is 16.2. The molecular weight excluding hydrogens is 476 g/mol. The van der Waals surface area contributed by atoms with E-state index in [0.717, 1.165) is 41.7 Å². The minimum absolute atomic E-state index is 0.258. The van der Waals surface area contributed by atoms with Crippen LogP contribution in [0.25, 0.3) is 12.2 Å². The molecule has 0 heterocycles. The van der Waals surface area contributed by atoms with Gasteiger partial charge in [0.25, 0.3) is 0 Å². The molecule has 0 saturated heterocycles. The molecule has 1 saturated carbocycles. The number of hydrogen-bond donors (Lipinski definition) is 1. The smallest absolute Gasteiger partial charge is 0.328 e. The lowest BCUT2D eigenvalue weighted by Gasteiger charge is -2.27. The summed E-state index contributed by atoms with van der Waals surface area (Å²) in [6.45, 7) is 8.61. The summed E-state index contributed by atoms with van der Waals surface area (Å²) in [5.74, 6) is 0.261. The van der Waals surface area contributed by atoms with Gasteiger partial charge in [-0.15, -0.1) is 0 Å². The molecule has 0 aromatic heterocycles. The third-order valence-electron chi connectivity index (χ3n) is 6.65. The van der Waals surface area contributed by atoms with E-state index in [9.17, 15) is 9.90 Å². The summed E-state index contributed by atoms with van der Waals surface area (Å²) in [5.41, 5.74) is 3.79. The van der Waals surface area contributed by atoms with Crippen LogP contribution in [0.15, 0.2) is 72.5 Å². The lowest BCUT2D eigenvalue weighted by atomic mass is 9.83. The van der Waals surface area contributed by atoms with Crippen LogP contribution in [0.2, 0.25) is 0 Å². The summed E-state index contributed by atoms with van der Waals surface area (Å²) in [7, 11) is 0. The Morgan fingerprint density at radius 1 is 1.00 bits per heavy atom. The third kappa shape index (κ3) is 10.2. The van der Waals surface area contributed by atoms with E-state index in [4.69, 9.17) is 14.2 Å². The molecule has 1 aliphatic rings. The third-order valence-corrected chi connectivity index (χ3v) is 6.65. The molecule has 0 aliphatic heterocycles. The summed E-state index contributed by atoms with van der Waals surface area (Å²) in [6.07, 6.45) is 15.1. The molecule has 0 radical (unpaired) electrons.